The van der Waals surface area contributed by atoms with Gasteiger partial charge in [-0.05, 0) is 30.9 Å². The Balaban J connectivity index is 1.77. The van der Waals surface area contributed by atoms with Gasteiger partial charge in [-0.1, -0.05) is 60.1 Å². The number of Topliss-reactive ketones (excluding diaryl/α,β-unsaturated/α-hetero) is 1. The summed E-state index contributed by atoms with van der Waals surface area (Å²) in [6, 6.07) is 15.5. The van der Waals surface area contributed by atoms with E-state index in [2.05, 4.69) is 4.99 Å². The van der Waals surface area contributed by atoms with Crippen molar-refractivity contribution >= 4 is 23.3 Å². The molecule has 4 rings (SSSR count). The molecule has 3 N–H and O–H groups in total. The number of aliphatic hydroxyl groups excluding tert-OH is 1. The summed E-state index contributed by atoms with van der Waals surface area (Å²) in [5.74, 6) is 0.113. The van der Waals surface area contributed by atoms with E-state index in [-0.39, 0.29) is 11.7 Å². The van der Waals surface area contributed by atoms with Crippen LogP contribution in [-0.4, -0.2) is 28.9 Å². The van der Waals surface area contributed by atoms with Gasteiger partial charge in [-0.3, -0.25) is 4.79 Å². The van der Waals surface area contributed by atoms with Gasteiger partial charge in [-0.2, -0.15) is 0 Å². The Morgan fingerprint density at radius 2 is 1.89 bits per heavy atom. The van der Waals surface area contributed by atoms with Crippen molar-refractivity contribution < 1.29 is 14.6 Å². The maximum Gasteiger partial charge on any atom is 0.205 e. The Labute approximate surface area is 162 Å². The minimum atomic E-state index is -1.09. The Kier molecular flexibility index (Phi) is 4.76. The summed E-state index contributed by atoms with van der Waals surface area (Å²) in [6.45, 7) is 0. The van der Waals surface area contributed by atoms with Crippen LogP contribution in [0.5, 0.6) is 0 Å². The van der Waals surface area contributed by atoms with Crippen molar-refractivity contribution in [2.75, 3.05) is 0 Å². The first kappa shape index (κ1) is 18.2. The van der Waals surface area contributed by atoms with E-state index in [1.165, 1.54) is 0 Å². The molecule has 4 atom stereocenters. The zero-order chi connectivity index (χ0) is 19.0. The number of nitrogens with zero attached hydrogens (tertiary/aromatic N) is 1. The first-order chi connectivity index (χ1) is 13.0. The third-order valence-electron chi connectivity index (χ3n) is 5.35. The number of carbonyl (C=O) groups excluding carboxylic acids is 1. The van der Waals surface area contributed by atoms with Gasteiger partial charge in [0.2, 0.25) is 11.7 Å². The van der Waals surface area contributed by atoms with Crippen LogP contribution in [0.3, 0.4) is 0 Å². The summed E-state index contributed by atoms with van der Waals surface area (Å²) < 4.78 is 5.83. The van der Waals surface area contributed by atoms with E-state index in [4.69, 9.17) is 22.1 Å². The summed E-state index contributed by atoms with van der Waals surface area (Å²) in [4.78, 5) is 17.8. The van der Waals surface area contributed by atoms with Crippen LogP contribution in [0, 0.1) is 0 Å². The number of fused-ring (bicyclic) bond motifs is 2. The summed E-state index contributed by atoms with van der Waals surface area (Å²) in [5.41, 5.74) is 6.54. The number of hydrogen-bond acceptors (Lipinski definition) is 5. The highest BCUT2D eigenvalue weighted by atomic mass is 35.5. The van der Waals surface area contributed by atoms with Crippen molar-refractivity contribution in [3.8, 4) is 0 Å². The minimum Gasteiger partial charge on any atom is -0.468 e. The van der Waals surface area contributed by atoms with E-state index < -0.39 is 23.8 Å². The molecule has 0 radical (unpaired) electrons. The van der Waals surface area contributed by atoms with Crippen LogP contribution in [0.25, 0.3) is 0 Å². The lowest BCUT2D eigenvalue weighted by molar-refractivity contribution is -0.137. The van der Waals surface area contributed by atoms with Crippen molar-refractivity contribution in [3.05, 3.63) is 70.7 Å². The molecule has 2 bridgehead atoms. The van der Waals surface area contributed by atoms with E-state index >= 15 is 0 Å². The van der Waals surface area contributed by atoms with Gasteiger partial charge in [0.25, 0.3) is 0 Å². The lowest BCUT2D eigenvalue weighted by Gasteiger charge is -2.42. The molecule has 6 heteroatoms. The van der Waals surface area contributed by atoms with Gasteiger partial charge in [-0.15, -0.1) is 0 Å². The summed E-state index contributed by atoms with van der Waals surface area (Å²) >= 11 is 6.41. The monoisotopic (exact) mass is 384 g/mol. The van der Waals surface area contributed by atoms with Gasteiger partial charge in [0, 0.05) is 10.6 Å². The van der Waals surface area contributed by atoms with E-state index in [1.54, 1.807) is 18.2 Å². The number of benzene rings is 2. The quantitative estimate of drug-likeness (QED) is 0.848. The van der Waals surface area contributed by atoms with Gasteiger partial charge in [0.05, 0.1) is 0 Å². The molecule has 140 valence electrons. The third kappa shape index (κ3) is 3.06. The highest BCUT2D eigenvalue weighted by molar-refractivity contribution is 6.32. The summed E-state index contributed by atoms with van der Waals surface area (Å²) in [7, 11) is 0. The lowest BCUT2D eigenvalue weighted by atomic mass is 9.73. The Bertz CT molecular complexity index is 886. The second-order valence-corrected chi connectivity index (χ2v) is 7.44. The van der Waals surface area contributed by atoms with E-state index in [0.29, 0.717) is 29.0 Å². The van der Waals surface area contributed by atoms with Crippen LogP contribution >= 0.6 is 11.6 Å². The first-order valence-corrected chi connectivity index (χ1v) is 9.45. The highest BCUT2D eigenvalue weighted by Gasteiger charge is 2.52. The van der Waals surface area contributed by atoms with Crippen molar-refractivity contribution in [3.63, 3.8) is 0 Å². The Hall–Kier alpha value is -2.21. The standard InChI is InChI=1S/C21H21ClN2O3/c22-15-10-5-4-9-14(15)21-12-6-11-16(19(21)26)27-20(24-21)17(23)18(25)13-7-2-1-3-8-13/h1-5,7-10,16-18,25H,6,11-12,23H2. The van der Waals surface area contributed by atoms with Crippen molar-refractivity contribution in [2.45, 2.75) is 43.1 Å². The van der Waals surface area contributed by atoms with Crippen LogP contribution in [-0.2, 0) is 15.1 Å². The number of carbonyl (C=O) groups is 1. The average molecular weight is 385 g/mol. The molecule has 27 heavy (non-hydrogen) atoms. The molecule has 0 spiro atoms. The van der Waals surface area contributed by atoms with Crippen LogP contribution in [0.4, 0.5) is 0 Å². The fourth-order valence-electron chi connectivity index (χ4n) is 3.92. The topological polar surface area (TPSA) is 84.9 Å². The maximum atomic E-state index is 13.1. The second kappa shape index (κ2) is 7.08. The van der Waals surface area contributed by atoms with Gasteiger partial charge in [0.15, 0.2) is 11.6 Å². The summed E-state index contributed by atoms with van der Waals surface area (Å²) in [6.07, 6.45) is 0.360. The Morgan fingerprint density at radius 1 is 1.19 bits per heavy atom. The number of rotatable bonds is 4. The van der Waals surface area contributed by atoms with E-state index in [9.17, 15) is 9.90 Å². The predicted octanol–water partition coefficient (Wildman–Crippen LogP) is 3.15. The van der Waals surface area contributed by atoms with Crippen molar-refractivity contribution in [2.24, 2.45) is 10.7 Å². The molecular weight excluding hydrogens is 364 g/mol. The first-order valence-electron chi connectivity index (χ1n) is 9.07. The zero-order valence-electron chi connectivity index (χ0n) is 14.7. The minimum absolute atomic E-state index is 0.0907. The molecule has 1 aliphatic carbocycles. The largest absolute Gasteiger partial charge is 0.468 e. The molecule has 0 aromatic heterocycles. The van der Waals surface area contributed by atoms with Crippen molar-refractivity contribution in [1.82, 2.24) is 0 Å². The maximum absolute atomic E-state index is 13.1. The van der Waals surface area contributed by atoms with Crippen LogP contribution in [0.2, 0.25) is 5.02 Å². The molecule has 1 fully saturated rings. The number of ketones is 1. The third-order valence-corrected chi connectivity index (χ3v) is 5.68. The van der Waals surface area contributed by atoms with Gasteiger partial charge < -0.3 is 15.6 Å². The number of aliphatic hydroxyl groups is 1. The molecular formula is C21H21ClN2O3. The molecule has 5 nitrogen and oxygen atoms in total. The normalized spacial score (nSPS) is 26.7. The molecule has 2 aliphatic rings. The fraction of sp³-hybridized carbons (Fsp3) is 0.333. The zero-order valence-corrected chi connectivity index (χ0v) is 15.5. The molecule has 2 aromatic rings. The fourth-order valence-corrected chi connectivity index (χ4v) is 4.21. The predicted molar refractivity (Wildman–Crippen MR) is 104 cm³/mol. The van der Waals surface area contributed by atoms with Gasteiger partial charge in [-0.25, -0.2) is 4.99 Å². The Morgan fingerprint density at radius 3 is 2.63 bits per heavy atom. The SMILES string of the molecule is NC(C1=NC2(c3ccccc3Cl)CCCC(O1)C2=O)C(O)c1ccccc1. The number of halogens is 1. The number of nitrogens with two attached hydrogens (primary N) is 1. The highest BCUT2D eigenvalue weighted by Crippen LogP contribution is 2.45. The van der Waals surface area contributed by atoms with Crippen LogP contribution in [0.1, 0.15) is 36.5 Å². The molecule has 0 saturated heterocycles. The van der Waals surface area contributed by atoms with E-state index in [0.717, 1.165) is 6.42 Å². The van der Waals surface area contributed by atoms with Gasteiger partial charge >= 0.3 is 0 Å². The van der Waals surface area contributed by atoms with Crippen LogP contribution in [0.15, 0.2) is 59.6 Å². The molecule has 1 heterocycles. The molecule has 0 amide bonds. The molecule has 4 unspecified atom stereocenters. The number of aliphatic imine (C=N–C) groups is 1. The van der Waals surface area contributed by atoms with Crippen LogP contribution < -0.4 is 5.73 Å². The molecule has 1 saturated carbocycles. The average Bonchev–Trinajstić information content (AvgIpc) is 2.68. The van der Waals surface area contributed by atoms with E-state index in [1.807, 2.05) is 36.4 Å². The number of hydrogen-bond donors (Lipinski definition) is 2. The van der Waals surface area contributed by atoms with Gasteiger partial charge in [0.1, 0.15) is 12.1 Å². The van der Waals surface area contributed by atoms with Crippen molar-refractivity contribution in [1.29, 1.82) is 0 Å². The summed E-state index contributed by atoms with van der Waals surface area (Å²) in [5, 5.41) is 11.2. The lowest BCUT2D eigenvalue weighted by Crippen LogP contribution is -2.54. The molecule has 1 aliphatic heterocycles. The molecule has 2 aromatic carbocycles. The smallest absolute Gasteiger partial charge is 0.205 e. The number of ether oxygens (including phenoxy) is 1. The second-order valence-electron chi connectivity index (χ2n) is 7.03.